The van der Waals surface area contributed by atoms with Crippen LogP contribution in [-0.4, -0.2) is 5.97 Å². The third-order valence-corrected chi connectivity index (χ3v) is 3.40. The fourth-order valence-corrected chi connectivity index (χ4v) is 2.21. The predicted octanol–water partition coefficient (Wildman–Crippen LogP) is 4.71. The molecule has 0 radical (unpaired) electrons. The molecule has 2 rings (SSSR count). The number of halogens is 4. The molecule has 0 N–H and O–H groups in total. The Morgan fingerprint density at radius 3 is 2.42 bits per heavy atom. The standard InChI is InChI=1S/C13H6Br2F2O2/c14-7-1-4-12(11(17)5-7)19-13(18)9-3-2-8(16)6-10(9)15/h1-6H. The summed E-state index contributed by atoms with van der Waals surface area (Å²) in [7, 11) is 0. The number of rotatable bonds is 2. The lowest BCUT2D eigenvalue weighted by Crippen LogP contribution is -2.10. The van der Waals surface area contributed by atoms with Crippen LogP contribution in [0.5, 0.6) is 5.75 Å². The summed E-state index contributed by atoms with van der Waals surface area (Å²) >= 11 is 6.15. The lowest BCUT2D eigenvalue weighted by Gasteiger charge is -2.07. The molecule has 0 heterocycles. The van der Waals surface area contributed by atoms with E-state index in [1.807, 2.05) is 0 Å². The highest BCUT2D eigenvalue weighted by molar-refractivity contribution is 9.10. The van der Waals surface area contributed by atoms with E-state index >= 15 is 0 Å². The van der Waals surface area contributed by atoms with Crippen molar-refractivity contribution in [2.75, 3.05) is 0 Å². The van der Waals surface area contributed by atoms with Gasteiger partial charge in [0.05, 0.1) is 5.56 Å². The Kier molecular flexibility index (Phi) is 4.31. The Balaban J connectivity index is 2.25. The van der Waals surface area contributed by atoms with E-state index in [0.29, 0.717) is 4.47 Å². The lowest BCUT2D eigenvalue weighted by molar-refractivity contribution is 0.0727. The summed E-state index contributed by atoms with van der Waals surface area (Å²) in [5, 5.41) is 0. The molecule has 0 saturated carbocycles. The van der Waals surface area contributed by atoms with Crippen LogP contribution >= 0.6 is 31.9 Å². The first-order chi connectivity index (χ1) is 8.97. The van der Waals surface area contributed by atoms with Gasteiger partial charge in [0.15, 0.2) is 11.6 Å². The van der Waals surface area contributed by atoms with Gasteiger partial charge in [-0.15, -0.1) is 0 Å². The summed E-state index contributed by atoms with van der Waals surface area (Å²) < 4.78 is 32.1. The van der Waals surface area contributed by atoms with Crippen molar-refractivity contribution in [3.8, 4) is 5.75 Å². The highest BCUT2D eigenvalue weighted by Crippen LogP contribution is 2.24. The second kappa shape index (κ2) is 5.79. The van der Waals surface area contributed by atoms with Gasteiger partial charge in [-0.1, -0.05) is 15.9 Å². The smallest absolute Gasteiger partial charge is 0.344 e. The van der Waals surface area contributed by atoms with Gasteiger partial charge in [0.1, 0.15) is 5.82 Å². The van der Waals surface area contributed by atoms with E-state index in [1.54, 1.807) is 6.07 Å². The van der Waals surface area contributed by atoms with E-state index in [-0.39, 0.29) is 15.8 Å². The molecule has 0 aromatic heterocycles. The highest BCUT2D eigenvalue weighted by atomic mass is 79.9. The maximum Gasteiger partial charge on any atom is 0.344 e. The monoisotopic (exact) mass is 390 g/mol. The molecule has 0 aliphatic heterocycles. The molecule has 6 heteroatoms. The van der Waals surface area contributed by atoms with Crippen molar-refractivity contribution in [1.82, 2.24) is 0 Å². The minimum absolute atomic E-state index is 0.115. The molecule has 0 aliphatic rings. The molecule has 0 fully saturated rings. The van der Waals surface area contributed by atoms with Crippen LogP contribution in [0.25, 0.3) is 0 Å². The number of carbonyl (C=O) groups is 1. The van der Waals surface area contributed by atoms with Gasteiger partial charge in [-0.2, -0.15) is 0 Å². The van der Waals surface area contributed by atoms with Gasteiger partial charge in [0.25, 0.3) is 0 Å². The number of carbonyl (C=O) groups excluding carboxylic acids is 1. The second-order valence-electron chi connectivity index (χ2n) is 3.59. The molecule has 0 bridgehead atoms. The van der Waals surface area contributed by atoms with Crippen molar-refractivity contribution in [1.29, 1.82) is 0 Å². The maximum absolute atomic E-state index is 13.5. The summed E-state index contributed by atoms with van der Waals surface area (Å²) in [5.41, 5.74) is 0.115. The highest BCUT2D eigenvalue weighted by Gasteiger charge is 2.15. The molecule has 0 amide bonds. The summed E-state index contributed by atoms with van der Waals surface area (Å²) in [6, 6.07) is 7.58. The molecule has 2 nitrogen and oxygen atoms in total. The topological polar surface area (TPSA) is 26.3 Å². The molecule has 0 atom stereocenters. The zero-order valence-corrected chi connectivity index (χ0v) is 12.5. The summed E-state index contributed by atoms with van der Waals surface area (Å²) in [4.78, 5) is 11.8. The van der Waals surface area contributed by atoms with Crippen molar-refractivity contribution in [2.24, 2.45) is 0 Å². The van der Waals surface area contributed by atoms with E-state index < -0.39 is 17.6 Å². The van der Waals surface area contributed by atoms with Crippen LogP contribution in [0.2, 0.25) is 0 Å². The molecule has 0 saturated heterocycles. The molecule has 2 aromatic carbocycles. The van der Waals surface area contributed by atoms with Crippen molar-refractivity contribution in [3.05, 3.63) is 62.5 Å². The van der Waals surface area contributed by atoms with Crippen molar-refractivity contribution < 1.29 is 18.3 Å². The second-order valence-corrected chi connectivity index (χ2v) is 5.36. The third-order valence-electron chi connectivity index (χ3n) is 2.25. The van der Waals surface area contributed by atoms with E-state index in [0.717, 1.165) is 12.1 Å². The van der Waals surface area contributed by atoms with Crippen LogP contribution in [-0.2, 0) is 0 Å². The Morgan fingerprint density at radius 1 is 1.05 bits per heavy atom. The lowest BCUT2D eigenvalue weighted by atomic mass is 10.2. The fraction of sp³-hybridized carbons (Fsp3) is 0. The number of benzene rings is 2. The minimum Gasteiger partial charge on any atom is -0.420 e. The summed E-state index contributed by atoms with van der Waals surface area (Å²) in [6.45, 7) is 0. The molecular formula is C13H6Br2F2O2. The zero-order chi connectivity index (χ0) is 14.0. The molecule has 0 unspecified atom stereocenters. The van der Waals surface area contributed by atoms with E-state index in [9.17, 15) is 13.6 Å². The first-order valence-corrected chi connectivity index (χ1v) is 6.68. The summed E-state index contributed by atoms with van der Waals surface area (Å²) in [6.07, 6.45) is 0. The average molecular weight is 392 g/mol. The van der Waals surface area contributed by atoms with Crippen LogP contribution < -0.4 is 4.74 Å². The molecule has 0 spiro atoms. The van der Waals surface area contributed by atoms with Crippen LogP contribution in [0.1, 0.15) is 10.4 Å². The van der Waals surface area contributed by atoms with Crippen LogP contribution in [0.3, 0.4) is 0 Å². The summed E-state index contributed by atoms with van der Waals surface area (Å²) in [5.74, 6) is -2.11. The van der Waals surface area contributed by atoms with Crippen LogP contribution in [0.4, 0.5) is 8.78 Å². The largest absolute Gasteiger partial charge is 0.420 e. The zero-order valence-electron chi connectivity index (χ0n) is 9.29. The van der Waals surface area contributed by atoms with Gasteiger partial charge in [-0.25, -0.2) is 13.6 Å². The van der Waals surface area contributed by atoms with Crippen LogP contribution in [0.15, 0.2) is 45.3 Å². The van der Waals surface area contributed by atoms with E-state index in [2.05, 4.69) is 31.9 Å². The van der Waals surface area contributed by atoms with Gasteiger partial charge in [0.2, 0.25) is 0 Å². The Bertz CT molecular complexity index is 645. The molecule has 19 heavy (non-hydrogen) atoms. The quantitative estimate of drug-likeness (QED) is 0.547. The molecule has 2 aromatic rings. The van der Waals surface area contributed by atoms with Gasteiger partial charge in [0, 0.05) is 8.95 Å². The van der Waals surface area contributed by atoms with Crippen LogP contribution in [0, 0.1) is 11.6 Å². The molecule has 98 valence electrons. The maximum atomic E-state index is 13.5. The molecular weight excluding hydrogens is 386 g/mol. The fourth-order valence-electron chi connectivity index (χ4n) is 1.37. The van der Waals surface area contributed by atoms with Gasteiger partial charge in [-0.3, -0.25) is 0 Å². The van der Waals surface area contributed by atoms with Gasteiger partial charge >= 0.3 is 5.97 Å². The normalized spacial score (nSPS) is 10.3. The number of hydrogen-bond acceptors (Lipinski definition) is 2. The third kappa shape index (κ3) is 3.39. The predicted molar refractivity (Wildman–Crippen MR) is 73.2 cm³/mol. The van der Waals surface area contributed by atoms with Crippen molar-refractivity contribution >= 4 is 37.8 Å². The number of hydrogen-bond donors (Lipinski definition) is 0. The first kappa shape index (κ1) is 14.1. The SMILES string of the molecule is O=C(Oc1ccc(Br)cc1F)c1ccc(F)cc1Br. The van der Waals surface area contributed by atoms with Gasteiger partial charge < -0.3 is 4.74 Å². The Labute approximate surface area is 124 Å². The van der Waals surface area contributed by atoms with Crippen molar-refractivity contribution in [3.63, 3.8) is 0 Å². The average Bonchev–Trinajstić information content (AvgIpc) is 2.32. The Morgan fingerprint density at radius 2 is 1.79 bits per heavy atom. The Hall–Kier alpha value is -1.27. The molecule has 0 aliphatic carbocycles. The number of ether oxygens (including phenoxy) is 1. The number of esters is 1. The van der Waals surface area contributed by atoms with Crippen molar-refractivity contribution in [2.45, 2.75) is 0 Å². The van der Waals surface area contributed by atoms with E-state index in [4.69, 9.17) is 4.74 Å². The van der Waals surface area contributed by atoms with Gasteiger partial charge in [-0.05, 0) is 52.3 Å². The minimum atomic E-state index is -0.770. The van der Waals surface area contributed by atoms with E-state index in [1.165, 1.54) is 18.2 Å². The first-order valence-electron chi connectivity index (χ1n) is 5.09.